The molecule has 0 aliphatic rings. The first-order valence-electron chi connectivity index (χ1n) is 3.80. The van der Waals surface area contributed by atoms with Gasteiger partial charge in [0.05, 0.1) is 10.7 Å². The molecule has 0 unspecified atom stereocenters. The van der Waals surface area contributed by atoms with Gasteiger partial charge in [-0.15, -0.1) is 10.2 Å². The first-order chi connectivity index (χ1) is 7.09. The molecule has 7 heteroatoms. The standard InChI is InChI=1S/C8H3BrCl2FN3/c9-5-1-4(12)2-6(10)7(5)15-3-13-14-8(15)11/h1-3H. The predicted octanol–water partition coefficient (Wildman–Crippen LogP) is 3.48. The molecule has 0 saturated heterocycles. The molecule has 1 aromatic heterocycles. The van der Waals surface area contributed by atoms with Gasteiger partial charge in [-0.25, -0.2) is 4.39 Å². The summed E-state index contributed by atoms with van der Waals surface area (Å²) in [5.41, 5.74) is 0.507. The fourth-order valence-corrected chi connectivity index (χ4v) is 2.34. The lowest BCUT2D eigenvalue weighted by Crippen LogP contribution is -1.96. The maximum absolute atomic E-state index is 13.0. The minimum atomic E-state index is -0.431. The average molecular weight is 311 g/mol. The predicted molar refractivity (Wildman–Crippen MR) is 59.0 cm³/mol. The van der Waals surface area contributed by atoms with Crippen molar-refractivity contribution in [2.75, 3.05) is 0 Å². The molecular formula is C8H3BrCl2FN3. The third kappa shape index (κ3) is 2.00. The summed E-state index contributed by atoms with van der Waals surface area (Å²) < 4.78 is 14.9. The summed E-state index contributed by atoms with van der Waals surface area (Å²) in [6, 6.07) is 2.48. The molecule has 0 amide bonds. The Bertz CT molecular complexity index is 491. The molecule has 1 aromatic carbocycles. The van der Waals surface area contributed by atoms with E-state index in [0.717, 1.165) is 0 Å². The van der Waals surface area contributed by atoms with E-state index in [9.17, 15) is 4.39 Å². The van der Waals surface area contributed by atoms with Crippen molar-refractivity contribution in [3.8, 4) is 5.69 Å². The van der Waals surface area contributed by atoms with E-state index >= 15 is 0 Å². The van der Waals surface area contributed by atoms with Crippen LogP contribution < -0.4 is 0 Å². The highest BCUT2D eigenvalue weighted by molar-refractivity contribution is 9.10. The second kappa shape index (κ2) is 4.08. The number of nitrogens with zero attached hydrogens (tertiary/aromatic N) is 3. The van der Waals surface area contributed by atoms with Crippen LogP contribution in [0.5, 0.6) is 0 Å². The Labute approximate surface area is 103 Å². The van der Waals surface area contributed by atoms with Gasteiger partial charge in [0.15, 0.2) is 0 Å². The second-order valence-electron chi connectivity index (χ2n) is 2.69. The molecule has 0 saturated carbocycles. The van der Waals surface area contributed by atoms with E-state index < -0.39 is 5.82 Å². The van der Waals surface area contributed by atoms with Gasteiger partial charge in [-0.1, -0.05) is 11.6 Å². The van der Waals surface area contributed by atoms with Crippen LogP contribution in [0, 0.1) is 5.82 Å². The molecule has 0 aliphatic heterocycles. The molecule has 78 valence electrons. The fourth-order valence-electron chi connectivity index (χ4n) is 1.14. The molecule has 3 nitrogen and oxygen atoms in total. The zero-order chi connectivity index (χ0) is 11.0. The van der Waals surface area contributed by atoms with Gasteiger partial charge in [0.2, 0.25) is 5.28 Å². The van der Waals surface area contributed by atoms with Crippen LogP contribution in [0.4, 0.5) is 4.39 Å². The molecule has 0 radical (unpaired) electrons. The summed E-state index contributed by atoms with van der Waals surface area (Å²) in [5, 5.41) is 7.60. The molecular weight excluding hydrogens is 308 g/mol. The molecule has 1 heterocycles. The quantitative estimate of drug-likeness (QED) is 0.807. The van der Waals surface area contributed by atoms with Crippen LogP contribution in [0.3, 0.4) is 0 Å². The van der Waals surface area contributed by atoms with Crippen molar-refractivity contribution >= 4 is 39.1 Å². The lowest BCUT2D eigenvalue weighted by Gasteiger charge is -2.08. The van der Waals surface area contributed by atoms with Crippen molar-refractivity contribution in [3.63, 3.8) is 0 Å². The average Bonchev–Trinajstić information content (AvgIpc) is 2.50. The minimum absolute atomic E-state index is 0.157. The minimum Gasteiger partial charge on any atom is -0.270 e. The normalized spacial score (nSPS) is 10.7. The first kappa shape index (κ1) is 10.9. The van der Waals surface area contributed by atoms with Crippen molar-refractivity contribution in [1.82, 2.24) is 14.8 Å². The van der Waals surface area contributed by atoms with Crippen molar-refractivity contribution < 1.29 is 4.39 Å². The number of aromatic nitrogens is 3. The summed E-state index contributed by atoms with van der Waals surface area (Å²) in [7, 11) is 0. The summed E-state index contributed by atoms with van der Waals surface area (Å²) in [6.07, 6.45) is 1.40. The molecule has 0 bridgehead atoms. The maximum Gasteiger partial charge on any atom is 0.229 e. The number of halogens is 4. The van der Waals surface area contributed by atoms with Crippen LogP contribution in [0.25, 0.3) is 5.69 Å². The summed E-state index contributed by atoms with van der Waals surface area (Å²) in [4.78, 5) is 0. The van der Waals surface area contributed by atoms with E-state index in [1.807, 2.05) is 0 Å². The summed E-state index contributed by atoms with van der Waals surface area (Å²) in [6.45, 7) is 0. The Balaban J connectivity index is 2.68. The number of benzene rings is 1. The topological polar surface area (TPSA) is 30.7 Å². The largest absolute Gasteiger partial charge is 0.270 e. The zero-order valence-electron chi connectivity index (χ0n) is 7.09. The van der Waals surface area contributed by atoms with Crippen LogP contribution in [0.1, 0.15) is 0 Å². The van der Waals surface area contributed by atoms with Crippen LogP contribution in [0.2, 0.25) is 10.3 Å². The smallest absolute Gasteiger partial charge is 0.229 e. The number of hydrogen-bond acceptors (Lipinski definition) is 2. The highest BCUT2D eigenvalue weighted by Gasteiger charge is 2.13. The Hall–Kier alpha value is -0.650. The molecule has 0 N–H and O–H groups in total. The van der Waals surface area contributed by atoms with E-state index in [1.165, 1.54) is 23.0 Å². The summed E-state index contributed by atoms with van der Waals surface area (Å²) in [5.74, 6) is -0.431. The molecule has 2 rings (SSSR count). The molecule has 15 heavy (non-hydrogen) atoms. The van der Waals surface area contributed by atoms with Gasteiger partial charge in [0.25, 0.3) is 0 Å². The van der Waals surface area contributed by atoms with Gasteiger partial charge in [0.1, 0.15) is 12.1 Å². The molecule has 0 aliphatic carbocycles. The van der Waals surface area contributed by atoms with Crippen molar-refractivity contribution in [3.05, 3.63) is 39.1 Å². The lowest BCUT2D eigenvalue weighted by molar-refractivity contribution is 0.626. The first-order valence-corrected chi connectivity index (χ1v) is 5.35. The maximum atomic E-state index is 13.0. The van der Waals surface area contributed by atoms with Gasteiger partial charge in [-0.05, 0) is 39.7 Å². The summed E-state index contributed by atoms with van der Waals surface area (Å²) >= 11 is 14.9. The molecule has 2 aromatic rings. The number of rotatable bonds is 1. The lowest BCUT2D eigenvalue weighted by atomic mass is 10.3. The van der Waals surface area contributed by atoms with Crippen LogP contribution in [-0.2, 0) is 0 Å². The highest BCUT2D eigenvalue weighted by Crippen LogP contribution is 2.31. The van der Waals surface area contributed by atoms with E-state index in [2.05, 4.69) is 26.1 Å². The van der Waals surface area contributed by atoms with Gasteiger partial charge >= 0.3 is 0 Å². The Morgan fingerprint density at radius 3 is 2.60 bits per heavy atom. The molecule has 0 spiro atoms. The van der Waals surface area contributed by atoms with E-state index in [4.69, 9.17) is 23.2 Å². The van der Waals surface area contributed by atoms with Gasteiger partial charge < -0.3 is 0 Å². The monoisotopic (exact) mass is 309 g/mol. The Kier molecular flexibility index (Phi) is 2.95. The second-order valence-corrected chi connectivity index (χ2v) is 4.29. The van der Waals surface area contributed by atoms with Crippen LogP contribution >= 0.6 is 39.1 Å². The van der Waals surface area contributed by atoms with E-state index in [1.54, 1.807) is 0 Å². The highest BCUT2D eigenvalue weighted by atomic mass is 79.9. The third-order valence-corrected chi connectivity index (χ3v) is 2.88. The van der Waals surface area contributed by atoms with Crippen LogP contribution in [-0.4, -0.2) is 14.8 Å². The van der Waals surface area contributed by atoms with E-state index in [0.29, 0.717) is 10.2 Å². The molecule has 0 fully saturated rings. The van der Waals surface area contributed by atoms with Crippen molar-refractivity contribution in [2.45, 2.75) is 0 Å². The van der Waals surface area contributed by atoms with Gasteiger partial charge in [-0.2, -0.15) is 0 Å². The van der Waals surface area contributed by atoms with Crippen molar-refractivity contribution in [1.29, 1.82) is 0 Å². The Morgan fingerprint density at radius 1 is 1.33 bits per heavy atom. The molecule has 0 atom stereocenters. The van der Waals surface area contributed by atoms with Gasteiger partial charge in [-0.3, -0.25) is 4.57 Å². The van der Waals surface area contributed by atoms with Crippen molar-refractivity contribution in [2.24, 2.45) is 0 Å². The number of hydrogen-bond donors (Lipinski definition) is 0. The Morgan fingerprint density at radius 2 is 2.07 bits per heavy atom. The zero-order valence-corrected chi connectivity index (χ0v) is 10.2. The van der Waals surface area contributed by atoms with Gasteiger partial charge in [0, 0.05) is 4.47 Å². The fraction of sp³-hybridized carbons (Fsp3) is 0. The van der Waals surface area contributed by atoms with E-state index in [-0.39, 0.29) is 10.3 Å². The third-order valence-electron chi connectivity index (χ3n) is 1.73. The van der Waals surface area contributed by atoms with Crippen LogP contribution in [0.15, 0.2) is 22.9 Å². The SMILES string of the molecule is Fc1cc(Cl)c(-n2cnnc2Cl)c(Br)c1.